The van der Waals surface area contributed by atoms with E-state index in [-0.39, 0.29) is 0 Å². The molecule has 3 unspecified atom stereocenters. The first-order valence-corrected chi connectivity index (χ1v) is 7.31. The van der Waals surface area contributed by atoms with Crippen LogP contribution in [-0.2, 0) is 4.79 Å². The van der Waals surface area contributed by atoms with Crippen molar-refractivity contribution in [2.24, 2.45) is 5.92 Å². The van der Waals surface area contributed by atoms with Gasteiger partial charge in [-0.05, 0) is 43.7 Å². The van der Waals surface area contributed by atoms with Gasteiger partial charge in [0.05, 0.1) is 0 Å². The Balaban J connectivity index is 1.89. The first-order chi connectivity index (χ1) is 9.27. The molecule has 0 amide bonds. The molecule has 0 aromatic heterocycles. The van der Waals surface area contributed by atoms with Crippen molar-refractivity contribution in [2.75, 3.05) is 6.54 Å². The summed E-state index contributed by atoms with van der Waals surface area (Å²) in [5.41, 5.74) is 0.919. The number of hydrogen-bond acceptors (Lipinski definition) is 2. The van der Waals surface area contributed by atoms with Crippen LogP contribution in [0, 0.1) is 5.92 Å². The van der Waals surface area contributed by atoms with Crippen LogP contribution in [0.4, 0.5) is 0 Å². The molecule has 0 radical (unpaired) electrons. The maximum absolute atomic E-state index is 11.7. The SMILES string of the molecule is O=C(O)C(c1ccccc1)N1CCCC2CCCC21. The number of carboxylic acid groups (broad SMARTS) is 1. The van der Waals surface area contributed by atoms with Crippen molar-refractivity contribution in [3.63, 3.8) is 0 Å². The molecule has 2 aliphatic rings. The minimum Gasteiger partial charge on any atom is -0.480 e. The number of benzene rings is 1. The molecular weight excluding hydrogens is 238 g/mol. The van der Waals surface area contributed by atoms with Crippen LogP contribution in [0.15, 0.2) is 30.3 Å². The second kappa shape index (κ2) is 5.33. The highest BCUT2D eigenvalue weighted by Crippen LogP contribution is 2.40. The van der Waals surface area contributed by atoms with Gasteiger partial charge < -0.3 is 5.11 Å². The van der Waals surface area contributed by atoms with Gasteiger partial charge in [0.1, 0.15) is 6.04 Å². The van der Waals surface area contributed by atoms with Crippen LogP contribution < -0.4 is 0 Å². The lowest BCUT2D eigenvalue weighted by Gasteiger charge is -2.41. The lowest BCUT2D eigenvalue weighted by atomic mass is 9.89. The van der Waals surface area contributed by atoms with Crippen LogP contribution in [-0.4, -0.2) is 28.6 Å². The molecule has 1 heterocycles. The fourth-order valence-electron chi connectivity index (χ4n) is 3.92. The molecule has 3 nitrogen and oxygen atoms in total. The van der Waals surface area contributed by atoms with Gasteiger partial charge in [0.25, 0.3) is 0 Å². The second-order valence-corrected chi connectivity index (χ2v) is 5.79. The average molecular weight is 259 g/mol. The number of piperidine rings is 1. The van der Waals surface area contributed by atoms with Crippen LogP contribution in [0.2, 0.25) is 0 Å². The van der Waals surface area contributed by atoms with Crippen LogP contribution in [0.5, 0.6) is 0 Å². The highest BCUT2D eigenvalue weighted by Gasteiger charge is 2.40. The molecule has 0 spiro atoms. The van der Waals surface area contributed by atoms with Gasteiger partial charge in [0.2, 0.25) is 0 Å². The quantitative estimate of drug-likeness (QED) is 0.907. The van der Waals surface area contributed by atoms with E-state index in [2.05, 4.69) is 4.90 Å². The predicted octanol–water partition coefficient (Wildman–Crippen LogP) is 3.08. The highest BCUT2D eigenvalue weighted by atomic mass is 16.4. The number of carboxylic acids is 1. The van der Waals surface area contributed by atoms with Gasteiger partial charge >= 0.3 is 5.97 Å². The lowest BCUT2D eigenvalue weighted by Crippen LogP contribution is -2.47. The van der Waals surface area contributed by atoms with Crippen LogP contribution in [0.1, 0.15) is 43.7 Å². The van der Waals surface area contributed by atoms with Gasteiger partial charge in [0, 0.05) is 6.04 Å². The molecule has 1 aromatic rings. The van der Waals surface area contributed by atoms with Crippen molar-refractivity contribution in [1.29, 1.82) is 0 Å². The Morgan fingerprint density at radius 1 is 1.16 bits per heavy atom. The summed E-state index contributed by atoms with van der Waals surface area (Å²) < 4.78 is 0. The van der Waals surface area contributed by atoms with E-state index < -0.39 is 12.0 Å². The minimum absolute atomic E-state index is 0.466. The summed E-state index contributed by atoms with van der Waals surface area (Å²) in [5, 5.41) is 9.66. The molecule has 1 saturated carbocycles. The summed E-state index contributed by atoms with van der Waals surface area (Å²) in [4.78, 5) is 14.0. The summed E-state index contributed by atoms with van der Waals surface area (Å²) in [6.45, 7) is 0.924. The first kappa shape index (κ1) is 12.7. The predicted molar refractivity (Wildman–Crippen MR) is 73.9 cm³/mol. The van der Waals surface area contributed by atoms with Gasteiger partial charge in [-0.2, -0.15) is 0 Å². The number of nitrogens with zero attached hydrogens (tertiary/aromatic N) is 1. The summed E-state index contributed by atoms with van der Waals surface area (Å²) in [5.74, 6) is 0.0121. The third-order valence-corrected chi connectivity index (χ3v) is 4.72. The van der Waals surface area contributed by atoms with Crippen LogP contribution >= 0.6 is 0 Å². The van der Waals surface area contributed by atoms with E-state index in [0.717, 1.165) is 24.4 Å². The Morgan fingerprint density at radius 3 is 2.63 bits per heavy atom. The second-order valence-electron chi connectivity index (χ2n) is 5.79. The third-order valence-electron chi connectivity index (χ3n) is 4.72. The first-order valence-electron chi connectivity index (χ1n) is 7.31. The summed E-state index contributed by atoms with van der Waals surface area (Å²) in [6.07, 6.45) is 6.12. The molecule has 3 rings (SSSR count). The van der Waals surface area contributed by atoms with Gasteiger partial charge in [-0.1, -0.05) is 36.8 Å². The van der Waals surface area contributed by atoms with Gasteiger partial charge in [0.15, 0.2) is 0 Å². The lowest BCUT2D eigenvalue weighted by molar-refractivity contribution is -0.145. The minimum atomic E-state index is -0.709. The molecule has 1 N–H and O–H groups in total. The van der Waals surface area contributed by atoms with Crippen molar-refractivity contribution in [1.82, 2.24) is 4.90 Å². The number of aliphatic carboxylic acids is 1. The zero-order valence-electron chi connectivity index (χ0n) is 11.2. The van der Waals surface area contributed by atoms with Gasteiger partial charge in [-0.25, -0.2) is 0 Å². The molecule has 3 atom stereocenters. The van der Waals surface area contributed by atoms with E-state index in [1.54, 1.807) is 0 Å². The third kappa shape index (κ3) is 2.39. The number of fused-ring (bicyclic) bond motifs is 1. The van der Waals surface area contributed by atoms with Crippen molar-refractivity contribution in [3.8, 4) is 0 Å². The normalized spacial score (nSPS) is 28.8. The molecular formula is C16H21NO2. The van der Waals surface area contributed by atoms with Crippen molar-refractivity contribution in [2.45, 2.75) is 44.2 Å². The molecule has 19 heavy (non-hydrogen) atoms. The Kier molecular flexibility index (Phi) is 3.56. The Hall–Kier alpha value is -1.35. The number of rotatable bonds is 3. The van der Waals surface area contributed by atoms with E-state index in [1.165, 1.54) is 25.7 Å². The molecule has 2 fully saturated rings. The molecule has 102 valence electrons. The fraction of sp³-hybridized carbons (Fsp3) is 0.562. The molecule has 1 aromatic carbocycles. The Bertz CT molecular complexity index is 445. The number of hydrogen-bond donors (Lipinski definition) is 1. The zero-order valence-corrected chi connectivity index (χ0v) is 11.2. The largest absolute Gasteiger partial charge is 0.480 e. The van der Waals surface area contributed by atoms with Crippen LogP contribution in [0.3, 0.4) is 0 Å². The van der Waals surface area contributed by atoms with E-state index in [1.807, 2.05) is 30.3 Å². The standard InChI is InChI=1S/C16H21NO2/c18-16(19)15(13-6-2-1-3-7-13)17-11-5-9-12-8-4-10-14(12)17/h1-3,6-7,12,14-15H,4-5,8-11H2,(H,18,19). The van der Waals surface area contributed by atoms with Crippen molar-refractivity contribution < 1.29 is 9.90 Å². The summed E-state index contributed by atoms with van der Waals surface area (Å²) in [6, 6.07) is 9.70. The average Bonchev–Trinajstić information content (AvgIpc) is 2.89. The van der Waals surface area contributed by atoms with E-state index in [9.17, 15) is 9.90 Å². The van der Waals surface area contributed by atoms with Crippen LogP contribution in [0.25, 0.3) is 0 Å². The molecule has 1 aliphatic carbocycles. The maximum Gasteiger partial charge on any atom is 0.325 e. The molecule has 1 saturated heterocycles. The summed E-state index contributed by atoms with van der Waals surface area (Å²) >= 11 is 0. The Labute approximate surface area is 114 Å². The summed E-state index contributed by atoms with van der Waals surface area (Å²) in [7, 11) is 0. The number of carbonyl (C=O) groups is 1. The van der Waals surface area contributed by atoms with E-state index >= 15 is 0 Å². The molecule has 0 bridgehead atoms. The van der Waals surface area contributed by atoms with Gasteiger partial charge in [-0.15, -0.1) is 0 Å². The van der Waals surface area contributed by atoms with Gasteiger partial charge in [-0.3, -0.25) is 9.69 Å². The Morgan fingerprint density at radius 2 is 1.89 bits per heavy atom. The molecule has 1 aliphatic heterocycles. The fourth-order valence-corrected chi connectivity index (χ4v) is 3.92. The highest BCUT2D eigenvalue weighted by molar-refractivity contribution is 5.75. The number of likely N-dealkylation sites (tertiary alicyclic amines) is 1. The van der Waals surface area contributed by atoms with E-state index in [0.29, 0.717) is 6.04 Å². The topological polar surface area (TPSA) is 40.5 Å². The molecule has 3 heteroatoms. The van der Waals surface area contributed by atoms with E-state index in [4.69, 9.17) is 0 Å². The zero-order chi connectivity index (χ0) is 13.2. The monoisotopic (exact) mass is 259 g/mol. The smallest absolute Gasteiger partial charge is 0.325 e. The van der Waals surface area contributed by atoms with Crippen molar-refractivity contribution >= 4 is 5.97 Å². The van der Waals surface area contributed by atoms with Crippen molar-refractivity contribution in [3.05, 3.63) is 35.9 Å². The maximum atomic E-state index is 11.7.